The van der Waals surface area contributed by atoms with Crippen LogP contribution >= 0.6 is 0 Å². The van der Waals surface area contributed by atoms with E-state index in [1.54, 1.807) is 0 Å². The zero-order chi connectivity index (χ0) is 26.9. The fourth-order valence-corrected chi connectivity index (χ4v) is 9.84. The molecule has 0 aromatic heterocycles. The number of carbonyl (C=O) groups is 3. The topological polar surface area (TPSA) is 112 Å². The Hall–Kier alpha value is -1.67. The van der Waals surface area contributed by atoms with Crippen molar-refractivity contribution in [2.75, 3.05) is 7.11 Å². The van der Waals surface area contributed by atoms with E-state index >= 15 is 0 Å². The van der Waals surface area contributed by atoms with Crippen molar-refractivity contribution in [3.63, 3.8) is 0 Å². The number of esters is 3. The van der Waals surface area contributed by atoms with Crippen molar-refractivity contribution >= 4 is 17.9 Å². The summed E-state index contributed by atoms with van der Waals surface area (Å²) in [5, 5.41) is 10.7. The molecular weight excluding hydrogens is 476 g/mol. The molecule has 8 heteroatoms. The average Bonchev–Trinajstić information content (AvgIpc) is 3.56. The molecule has 0 radical (unpaired) electrons. The molecule has 5 rings (SSSR count). The summed E-state index contributed by atoms with van der Waals surface area (Å²) in [6, 6.07) is 0. The molecular formula is C29H44O8. The highest BCUT2D eigenvalue weighted by atomic mass is 16.6. The van der Waals surface area contributed by atoms with E-state index in [2.05, 4.69) is 20.8 Å². The molecule has 0 aromatic carbocycles. The molecule has 0 amide bonds. The molecule has 3 unspecified atom stereocenters. The van der Waals surface area contributed by atoms with Crippen LogP contribution in [-0.4, -0.2) is 60.6 Å². The second-order valence-electron chi connectivity index (χ2n) is 13.0. The Morgan fingerprint density at radius 2 is 1.70 bits per heavy atom. The van der Waals surface area contributed by atoms with Crippen LogP contribution in [0.4, 0.5) is 0 Å². The summed E-state index contributed by atoms with van der Waals surface area (Å²) in [7, 11) is 1.42. The van der Waals surface area contributed by atoms with Gasteiger partial charge in [-0.05, 0) is 68.1 Å². The number of rotatable bonds is 6. The van der Waals surface area contributed by atoms with Crippen molar-refractivity contribution in [3.8, 4) is 0 Å². The first-order valence-corrected chi connectivity index (χ1v) is 14.2. The van der Waals surface area contributed by atoms with Crippen molar-refractivity contribution in [2.45, 2.75) is 110 Å². The number of methoxy groups -OCH3 is 1. The Labute approximate surface area is 220 Å². The molecule has 13 atom stereocenters. The van der Waals surface area contributed by atoms with Gasteiger partial charge in [0.2, 0.25) is 0 Å². The minimum Gasteiger partial charge on any atom is -0.469 e. The van der Waals surface area contributed by atoms with Gasteiger partial charge in [0.25, 0.3) is 0 Å². The van der Waals surface area contributed by atoms with Gasteiger partial charge in [0.1, 0.15) is 18.3 Å². The predicted octanol–water partition coefficient (Wildman–Crippen LogP) is 3.67. The Bertz CT molecular complexity index is 935. The van der Waals surface area contributed by atoms with Crippen molar-refractivity contribution in [1.29, 1.82) is 0 Å². The molecule has 37 heavy (non-hydrogen) atoms. The number of hydrogen-bond donors (Lipinski definition) is 1. The summed E-state index contributed by atoms with van der Waals surface area (Å²) < 4.78 is 23.2. The van der Waals surface area contributed by atoms with E-state index in [1.165, 1.54) is 21.0 Å². The van der Waals surface area contributed by atoms with Crippen LogP contribution in [0.2, 0.25) is 0 Å². The van der Waals surface area contributed by atoms with E-state index in [0.29, 0.717) is 19.3 Å². The minimum atomic E-state index is -0.484. The lowest BCUT2D eigenvalue weighted by atomic mass is 9.43. The summed E-state index contributed by atoms with van der Waals surface area (Å²) in [5.41, 5.74) is -0.457. The fraction of sp³-hybridized carbons (Fsp3) is 0.897. The summed E-state index contributed by atoms with van der Waals surface area (Å²) in [5.74, 6) is 0.468. The lowest BCUT2D eigenvalue weighted by Crippen LogP contribution is -2.65. The molecule has 1 aliphatic heterocycles. The highest BCUT2D eigenvalue weighted by Crippen LogP contribution is 2.71. The van der Waals surface area contributed by atoms with Crippen LogP contribution in [0.25, 0.3) is 0 Å². The van der Waals surface area contributed by atoms with Gasteiger partial charge in [-0.3, -0.25) is 14.4 Å². The third-order valence-corrected chi connectivity index (χ3v) is 11.5. The number of hydrogen-bond acceptors (Lipinski definition) is 8. The summed E-state index contributed by atoms with van der Waals surface area (Å²) >= 11 is 0. The lowest BCUT2D eigenvalue weighted by molar-refractivity contribution is -0.221. The first-order chi connectivity index (χ1) is 17.4. The molecule has 8 nitrogen and oxygen atoms in total. The first kappa shape index (κ1) is 26.9. The van der Waals surface area contributed by atoms with Crippen LogP contribution in [0.15, 0.2) is 0 Å². The number of aliphatic hydroxyl groups is 1. The monoisotopic (exact) mass is 520 g/mol. The van der Waals surface area contributed by atoms with Gasteiger partial charge < -0.3 is 24.1 Å². The van der Waals surface area contributed by atoms with Gasteiger partial charge in [0, 0.05) is 37.0 Å². The quantitative estimate of drug-likeness (QED) is 0.321. The highest BCUT2D eigenvalue weighted by molar-refractivity contribution is 5.69. The van der Waals surface area contributed by atoms with E-state index in [9.17, 15) is 19.5 Å². The summed E-state index contributed by atoms with van der Waals surface area (Å²) in [4.78, 5) is 36.6. The maximum atomic E-state index is 12.4. The maximum absolute atomic E-state index is 12.4. The Morgan fingerprint density at radius 3 is 2.35 bits per heavy atom. The van der Waals surface area contributed by atoms with Crippen LogP contribution in [0.5, 0.6) is 0 Å². The van der Waals surface area contributed by atoms with E-state index in [1.807, 2.05) is 0 Å². The van der Waals surface area contributed by atoms with Crippen LogP contribution in [0.3, 0.4) is 0 Å². The standard InChI is InChI=1S/C29H44O8/c1-14(7-10-24(33)34-6)18-8-9-19-25-20(13-23(29(18,19)5)36-16(3)31)28(4)17(12-22(25)35-15(2)30)11-21(32)26-27(28)37-26/h14,17-23,25-27,32H,7-13H2,1-6H3/t14-,17+,18-,19+,20?,21+,22?,23+,25?,26-,27-,28+,29-/m1/s1. The average molecular weight is 521 g/mol. The molecule has 1 saturated heterocycles. The van der Waals surface area contributed by atoms with Gasteiger partial charge >= 0.3 is 17.9 Å². The number of fused-ring (bicyclic) bond motifs is 7. The first-order valence-electron chi connectivity index (χ1n) is 14.2. The normalized spacial score (nSPS) is 48.4. The largest absolute Gasteiger partial charge is 0.469 e. The summed E-state index contributed by atoms with van der Waals surface area (Å²) in [6.07, 6.45) is 4.02. The van der Waals surface area contributed by atoms with Crippen LogP contribution in [-0.2, 0) is 33.3 Å². The molecule has 4 aliphatic carbocycles. The molecule has 1 N–H and O–H groups in total. The Balaban J connectivity index is 1.52. The van der Waals surface area contributed by atoms with Crippen LogP contribution in [0.1, 0.15) is 79.6 Å². The van der Waals surface area contributed by atoms with Gasteiger partial charge in [-0.2, -0.15) is 0 Å². The predicted molar refractivity (Wildman–Crippen MR) is 133 cm³/mol. The van der Waals surface area contributed by atoms with Gasteiger partial charge in [-0.25, -0.2) is 0 Å². The second kappa shape index (κ2) is 9.51. The van der Waals surface area contributed by atoms with Gasteiger partial charge in [-0.1, -0.05) is 20.8 Å². The third-order valence-electron chi connectivity index (χ3n) is 11.5. The maximum Gasteiger partial charge on any atom is 0.305 e. The smallest absolute Gasteiger partial charge is 0.305 e. The molecule has 5 aliphatic rings. The Kier molecular flexibility index (Phi) is 6.92. The number of epoxide rings is 1. The summed E-state index contributed by atoms with van der Waals surface area (Å²) in [6.45, 7) is 9.74. The van der Waals surface area contributed by atoms with Crippen LogP contribution < -0.4 is 0 Å². The molecule has 208 valence electrons. The third kappa shape index (κ3) is 4.21. The Morgan fingerprint density at radius 1 is 1.00 bits per heavy atom. The van der Waals surface area contributed by atoms with E-state index in [0.717, 1.165) is 25.7 Å². The lowest BCUT2D eigenvalue weighted by Gasteiger charge is -2.63. The minimum absolute atomic E-state index is 0.00876. The molecule has 0 aromatic rings. The highest BCUT2D eigenvalue weighted by Gasteiger charge is 2.73. The van der Waals surface area contributed by atoms with E-state index < -0.39 is 6.10 Å². The van der Waals surface area contributed by atoms with Gasteiger partial charge in [0.15, 0.2) is 0 Å². The van der Waals surface area contributed by atoms with Crippen LogP contribution in [0, 0.1) is 46.3 Å². The zero-order valence-electron chi connectivity index (χ0n) is 23.1. The molecule has 1 heterocycles. The van der Waals surface area contributed by atoms with Gasteiger partial charge in [-0.15, -0.1) is 0 Å². The van der Waals surface area contributed by atoms with Crippen molar-refractivity contribution in [2.24, 2.45) is 46.3 Å². The number of aliphatic hydroxyl groups excluding tert-OH is 1. The van der Waals surface area contributed by atoms with Gasteiger partial charge in [0.05, 0.1) is 19.3 Å². The molecule has 0 spiro atoms. The number of carbonyl (C=O) groups excluding carboxylic acids is 3. The SMILES string of the molecule is COC(=O)CC[C@@H](C)[C@H]1CC[C@H]2C3C(OC(C)=O)C[C@@H]4C[C@H](O)[C@H]5O[C@H]5[C@]4(C)C3C[C@H](OC(C)=O)[C@]12C. The fourth-order valence-electron chi connectivity index (χ4n) is 9.84. The molecule has 0 bridgehead atoms. The van der Waals surface area contributed by atoms with Crippen molar-refractivity contribution in [1.82, 2.24) is 0 Å². The van der Waals surface area contributed by atoms with Crippen molar-refractivity contribution in [3.05, 3.63) is 0 Å². The van der Waals surface area contributed by atoms with E-state index in [-0.39, 0.29) is 88.7 Å². The van der Waals surface area contributed by atoms with E-state index in [4.69, 9.17) is 18.9 Å². The van der Waals surface area contributed by atoms with Crippen molar-refractivity contribution < 1.29 is 38.4 Å². The second-order valence-corrected chi connectivity index (χ2v) is 13.0. The molecule has 5 fully saturated rings. The number of ether oxygens (including phenoxy) is 4. The zero-order valence-corrected chi connectivity index (χ0v) is 23.1. The molecule has 4 saturated carbocycles.